The first-order chi connectivity index (χ1) is 14.7. The minimum absolute atomic E-state index is 0.0279. The molecule has 0 atom stereocenters. The number of aryl methyl sites for hydroxylation is 1. The number of esters is 1. The van der Waals surface area contributed by atoms with Gasteiger partial charge in [0, 0.05) is 11.1 Å². The van der Waals surface area contributed by atoms with Gasteiger partial charge in [-0.15, -0.1) is 6.58 Å². The van der Waals surface area contributed by atoms with Crippen LogP contribution in [-0.4, -0.2) is 5.97 Å². The second-order valence-corrected chi connectivity index (χ2v) is 8.23. The SMILES string of the molecule is C=CCCC1CCC(C(=O)Oc2ccc(C#Cc3ccc(CCC)cc3)cc2)CC1. The lowest BCUT2D eigenvalue weighted by molar-refractivity contribution is -0.140. The van der Waals surface area contributed by atoms with Gasteiger partial charge in [0.15, 0.2) is 0 Å². The van der Waals surface area contributed by atoms with Gasteiger partial charge in [0.2, 0.25) is 0 Å². The predicted octanol–water partition coefficient (Wildman–Crippen LogP) is 6.72. The maximum absolute atomic E-state index is 12.5. The number of allylic oxidation sites excluding steroid dienone is 1. The molecule has 0 spiro atoms. The van der Waals surface area contributed by atoms with Crippen molar-refractivity contribution in [3.63, 3.8) is 0 Å². The number of carbonyl (C=O) groups is 1. The Bertz CT molecular complexity index is 873. The van der Waals surface area contributed by atoms with Crippen LogP contribution < -0.4 is 4.74 Å². The Morgan fingerprint density at radius 2 is 1.60 bits per heavy atom. The summed E-state index contributed by atoms with van der Waals surface area (Å²) in [5.74, 6) is 7.64. The van der Waals surface area contributed by atoms with Crippen molar-refractivity contribution < 1.29 is 9.53 Å². The van der Waals surface area contributed by atoms with Gasteiger partial charge in [0.1, 0.15) is 5.75 Å². The standard InChI is InChI=1S/C28H32O2/c1-3-5-7-23-14-18-26(19-15-23)28(29)30-27-20-16-25(17-21-27)13-12-24-10-8-22(6-4-2)9-11-24/h3,8-11,16-17,20-21,23,26H,1,4-7,14-15,18-19H2,2H3. The van der Waals surface area contributed by atoms with E-state index in [-0.39, 0.29) is 11.9 Å². The van der Waals surface area contributed by atoms with Crippen molar-refractivity contribution in [2.45, 2.75) is 58.3 Å². The Labute approximate surface area is 181 Å². The molecule has 156 valence electrons. The third-order valence-corrected chi connectivity index (χ3v) is 5.88. The molecule has 1 saturated carbocycles. The maximum Gasteiger partial charge on any atom is 0.314 e. The van der Waals surface area contributed by atoms with E-state index in [2.05, 4.69) is 49.6 Å². The maximum atomic E-state index is 12.5. The summed E-state index contributed by atoms with van der Waals surface area (Å²) in [6.45, 7) is 5.98. The van der Waals surface area contributed by atoms with Gasteiger partial charge < -0.3 is 4.74 Å². The number of ether oxygens (including phenoxy) is 1. The molecule has 0 aliphatic heterocycles. The molecule has 0 aromatic heterocycles. The Balaban J connectivity index is 1.50. The van der Waals surface area contributed by atoms with E-state index in [1.54, 1.807) is 0 Å². The molecule has 2 nitrogen and oxygen atoms in total. The van der Waals surface area contributed by atoms with E-state index in [0.29, 0.717) is 5.75 Å². The summed E-state index contributed by atoms with van der Waals surface area (Å²) in [5, 5.41) is 0. The van der Waals surface area contributed by atoms with Gasteiger partial charge in [-0.1, -0.05) is 43.4 Å². The third-order valence-electron chi connectivity index (χ3n) is 5.88. The molecule has 3 rings (SSSR count). The highest BCUT2D eigenvalue weighted by Gasteiger charge is 2.27. The first-order valence-electron chi connectivity index (χ1n) is 11.2. The van der Waals surface area contributed by atoms with Crippen LogP contribution in [0.3, 0.4) is 0 Å². The van der Waals surface area contributed by atoms with Crippen LogP contribution >= 0.6 is 0 Å². The average Bonchev–Trinajstić information content (AvgIpc) is 2.79. The van der Waals surface area contributed by atoms with Crippen molar-refractivity contribution in [2.24, 2.45) is 11.8 Å². The fourth-order valence-electron chi connectivity index (χ4n) is 4.03. The summed E-state index contributed by atoms with van der Waals surface area (Å²) >= 11 is 0. The molecule has 0 unspecified atom stereocenters. The van der Waals surface area contributed by atoms with Crippen LogP contribution in [0.15, 0.2) is 61.2 Å². The third kappa shape index (κ3) is 6.63. The minimum atomic E-state index is -0.0943. The van der Waals surface area contributed by atoms with Crippen LogP contribution in [0.2, 0.25) is 0 Å². The smallest absolute Gasteiger partial charge is 0.314 e. The van der Waals surface area contributed by atoms with Gasteiger partial charge in [-0.05, 0) is 92.8 Å². The first-order valence-corrected chi connectivity index (χ1v) is 11.2. The number of hydrogen-bond acceptors (Lipinski definition) is 2. The van der Waals surface area contributed by atoms with Crippen molar-refractivity contribution in [1.29, 1.82) is 0 Å². The summed E-state index contributed by atoms with van der Waals surface area (Å²) in [5.41, 5.74) is 3.27. The van der Waals surface area contributed by atoms with Gasteiger partial charge in [-0.2, -0.15) is 0 Å². The minimum Gasteiger partial charge on any atom is -0.426 e. The van der Waals surface area contributed by atoms with E-state index in [0.717, 1.165) is 62.0 Å². The Morgan fingerprint density at radius 1 is 1.00 bits per heavy atom. The molecule has 1 fully saturated rings. The Morgan fingerprint density at radius 3 is 2.17 bits per heavy atom. The summed E-state index contributed by atoms with van der Waals surface area (Å²) in [4.78, 5) is 12.5. The van der Waals surface area contributed by atoms with Crippen molar-refractivity contribution in [1.82, 2.24) is 0 Å². The van der Waals surface area contributed by atoms with E-state index in [9.17, 15) is 4.79 Å². The van der Waals surface area contributed by atoms with Crippen LogP contribution in [0.1, 0.15) is 68.6 Å². The lowest BCUT2D eigenvalue weighted by atomic mass is 9.80. The molecule has 1 aliphatic carbocycles. The normalized spacial score (nSPS) is 18.2. The molecule has 0 bridgehead atoms. The highest BCUT2D eigenvalue weighted by molar-refractivity contribution is 5.75. The van der Waals surface area contributed by atoms with Crippen LogP contribution in [0, 0.1) is 23.7 Å². The van der Waals surface area contributed by atoms with Gasteiger partial charge in [0.25, 0.3) is 0 Å². The molecule has 30 heavy (non-hydrogen) atoms. The van der Waals surface area contributed by atoms with Gasteiger partial charge in [0.05, 0.1) is 5.92 Å². The predicted molar refractivity (Wildman–Crippen MR) is 123 cm³/mol. The fraction of sp³-hybridized carbons (Fsp3) is 0.393. The fourth-order valence-corrected chi connectivity index (χ4v) is 4.03. The molecule has 1 aliphatic rings. The molecular formula is C28H32O2. The lowest BCUT2D eigenvalue weighted by Crippen LogP contribution is -2.25. The Kier molecular flexibility index (Phi) is 8.33. The zero-order valence-corrected chi connectivity index (χ0v) is 18.0. The molecule has 2 aromatic rings. The van der Waals surface area contributed by atoms with E-state index >= 15 is 0 Å². The number of hydrogen-bond donors (Lipinski definition) is 0. The second kappa shape index (κ2) is 11.4. The first kappa shape index (κ1) is 21.9. The number of rotatable bonds is 7. The van der Waals surface area contributed by atoms with Crippen molar-refractivity contribution in [3.8, 4) is 17.6 Å². The molecule has 0 N–H and O–H groups in total. The number of carbonyl (C=O) groups excluding carboxylic acids is 1. The monoisotopic (exact) mass is 400 g/mol. The zero-order valence-electron chi connectivity index (χ0n) is 18.0. The van der Waals surface area contributed by atoms with E-state index in [1.165, 1.54) is 12.0 Å². The second-order valence-electron chi connectivity index (χ2n) is 8.23. The van der Waals surface area contributed by atoms with E-state index in [4.69, 9.17) is 4.74 Å². The average molecular weight is 401 g/mol. The van der Waals surface area contributed by atoms with Crippen molar-refractivity contribution in [2.75, 3.05) is 0 Å². The van der Waals surface area contributed by atoms with Crippen LogP contribution in [0.5, 0.6) is 5.75 Å². The van der Waals surface area contributed by atoms with Gasteiger partial charge in [-0.25, -0.2) is 0 Å². The molecule has 2 aromatic carbocycles. The molecule has 2 heteroatoms. The topological polar surface area (TPSA) is 26.3 Å². The molecule has 0 radical (unpaired) electrons. The summed E-state index contributed by atoms with van der Waals surface area (Å²) in [7, 11) is 0. The molecular weight excluding hydrogens is 368 g/mol. The van der Waals surface area contributed by atoms with Gasteiger partial charge >= 0.3 is 5.97 Å². The van der Waals surface area contributed by atoms with Crippen LogP contribution in [0.25, 0.3) is 0 Å². The quantitative estimate of drug-likeness (QED) is 0.223. The van der Waals surface area contributed by atoms with E-state index in [1.807, 2.05) is 30.3 Å². The summed E-state index contributed by atoms with van der Waals surface area (Å²) < 4.78 is 5.62. The Hall–Kier alpha value is -2.79. The highest BCUT2D eigenvalue weighted by atomic mass is 16.5. The largest absolute Gasteiger partial charge is 0.426 e. The molecule has 0 heterocycles. The zero-order chi connectivity index (χ0) is 21.2. The van der Waals surface area contributed by atoms with Crippen LogP contribution in [0.4, 0.5) is 0 Å². The number of benzene rings is 2. The molecule has 0 amide bonds. The molecule has 0 saturated heterocycles. The van der Waals surface area contributed by atoms with Crippen molar-refractivity contribution in [3.05, 3.63) is 77.9 Å². The van der Waals surface area contributed by atoms with Crippen LogP contribution in [-0.2, 0) is 11.2 Å². The summed E-state index contributed by atoms with van der Waals surface area (Å²) in [6.07, 6.45) is 10.6. The lowest BCUT2D eigenvalue weighted by Gasteiger charge is -2.26. The van der Waals surface area contributed by atoms with E-state index < -0.39 is 0 Å². The highest BCUT2D eigenvalue weighted by Crippen LogP contribution is 2.32. The summed E-state index contributed by atoms with van der Waals surface area (Å²) in [6, 6.07) is 15.9. The van der Waals surface area contributed by atoms with Gasteiger partial charge in [-0.3, -0.25) is 4.79 Å². The van der Waals surface area contributed by atoms with Crippen molar-refractivity contribution >= 4 is 5.97 Å².